The van der Waals surface area contributed by atoms with Crippen molar-refractivity contribution in [3.63, 3.8) is 0 Å². The van der Waals surface area contributed by atoms with Crippen LogP contribution in [0, 0.1) is 6.92 Å². The normalized spacial score (nSPS) is 18.8. The SMILES string of the molecule is COc1cccc(CN2CCN(Cc3c(C)nc4sccn34)C[C@H]2CCO)c1. The predicted molar refractivity (Wildman–Crippen MR) is 112 cm³/mol. The minimum Gasteiger partial charge on any atom is -0.497 e. The van der Waals surface area contributed by atoms with Crippen molar-refractivity contribution in [2.75, 3.05) is 33.4 Å². The van der Waals surface area contributed by atoms with E-state index in [4.69, 9.17) is 4.74 Å². The van der Waals surface area contributed by atoms with E-state index < -0.39 is 0 Å². The molecule has 0 saturated carbocycles. The molecular weight excluding hydrogens is 372 g/mol. The first-order chi connectivity index (χ1) is 13.7. The van der Waals surface area contributed by atoms with Crippen molar-refractivity contribution in [1.82, 2.24) is 19.2 Å². The third-order valence-electron chi connectivity index (χ3n) is 5.61. The van der Waals surface area contributed by atoms with Crippen molar-refractivity contribution >= 4 is 16.3 Å². The number of thiazole rings is 1. The average molecular weight is 401 g/mol. The smallest absolute Gasteiger partial charge is 0.194 e. The Morgan fingerprint density at radius 3 is 3.00 bits per heavy atom. The molecule has 1 aliphatic heterocycles. The van der Waals surface area contributed by atoms with E-state index in [2.05, 4.69) is 49.8 Å². The molecule has 1 N–H and O–H groups in total. The fourth-order valence-corrected chi connectivity index (χ4v) is 4.86. The van der Waals surface area contributed by atoms with Crippen molar-refractivity contribution in [2.45, 2.75) is 32.5 Å². The first-order valence-corrected chi connectivity index (χ1v) is 10.7. The van der Waals surface area contributed by atoms with Gasteiger partial charge in [-0.2, -0.15) is 0 Å². The molecule has 7 heteroatoms. The van der Waals surface area contributed by atoms with Crippen molar-refractivity contribution in [1.29, 1.82) is 0 Å². The lowest BCUT2D eigenvalue weighted by molar-refractivity contribution is 0.0491. The number of methoxy groups -OCH3 is 1. The molecule has 1 aliphatic rings. The second kappa shape index (κ2) is 8.61. The van der Waals surface area contributed by atoms with Gasteiger partial charge in [0.2, 0.25) is 0 Å². The molecule has 6 nitrogen and oxygen atoms in total. The van der Waals surface area contributed by atoms with E-state index in [0.717, 1.165) is 55.5 Å². The first-order valence-electron chi connectivity index (χ1n) is 9.79. The number of aliphatic hydroxyl groups is 1. The number of aromatic nitrogens is 2. The van der Waals surface area contributed by atoms with Gasteiger partial charge in [-0.05, 0) is 31.0 Å². The molecule has 3 heterocycles. The molecule has 4 rings (SSSR count). The summed E-state index contributed by atoms with van der Waals surface area (Å²) in [7, 11) is 1.70. The lowest BCUT2D eigenvalue weighted by Crippen LogP contribution is -2.52. The van der Waals surface area contributed by atoms with Gasteiger partial charge in [-0.25, -0.2) is 4.98 Å². The fraction of sp³-hybridized carbons (Fsp3) is 0.476. The van der Waals surface area contributed by atoms with Crippen molar-refractivity contribution in [2.24, 2.45) is 0 Å². The largest absolute Gasteiger partial charge is 0.497 e. The third-order valence-corrected chi connectivity index (χ3v) is 6.36. The molecule has 0 amide bonds. The summed E-state index contributed by atoms with van der Waals surface area (Å²) in [5.74, 6) is 0.894. The summed E-state index contributed by atoms with van der Waals surface area (Å²) < 4.78 is 7.57. The van der Waals surface area contributed by atoms with Gasteiger partial charge in [0.25, 0.3) is 0 Å². The van der Waals surface area contributed by atoms with Crippen LogP contribution in [0.25, 0.3) is 4.96 Å². The monoisotopic (exact) mass is 400 g/mol. The zero-order chi connectivity index (χ0) is 19.5. The quantitative estimate of drug-likeness (QED) is 0.661. The lowest BCUT2D eigenvalue weighted by Gasteiger charge is -2.41. The summed E-state index contributed by atoms with van der Waals surface area (Å²) in [6, 6.07) is 8.61. The highest BCUT2D eigenvalue weighted by molar-refractivity contribution is 7.15. The Morgan fingerprint density at radius 2 is 2.18 bits per heavy atom. The Hall–Kier alpha value is -1.93. The highest BCUT2D eigenvalue weighted by atomic mass is 32.1. The van der Waals surface area contributed by atoms with Gasteiger partial charge in [0.05, 0.1) is 18.5 Å². The Labute approximate surface area is 170 Å². The van der Waals surface area contributed by atoms with Crippen LogP contribution in [0.4, 0.5) is 0 Å². The van der Waals surface area contributed by atoms with Gasteiger partial charge < -0.3 is 9.84 Å². The predicted octanol–water partition coefficient (Wildman–Crippen LogP) is 2.78. The van der Waals surface area contributed by atoms with Gasteiger partial charge in [0.15, 0.2) is 4.96 Å². The van der Waals surface area contributed by atoms with Crippen LogP contribution in [-0.2, 0) is 13.1 Å². The number of aryl methyl sites for hydroxylation is 1. The van der Waals surface area contributed by atoms with E-state index >= 15 is 0 Å². The maximum absolute atomic E-state index is 9.61. The second-order valence-electron chi connectivity index (χ2n) is 7.42. The molecule has 1 fully saturated rings. The Kier molecular flexibility index (Phi) is 5.96. The second-order valence-corrected chi connectivity index (χ2v) is 8.30. The number of hydrogen-bond acceptors (Lipinski definition) is 6. The van der Waals surface area contributed by atoms with Crippen LogP contribution in [0.1, 0.15) is 23.4 Å². The van der Waals surface area contributed by atoms with Gasteiger partial charge >= 0.3 is 0 Å². The van der Waals surface area contributed by atoms with E-state index in [9.17, 15) is 5.11 Å². The minimum absolute atomic E-state index is 0.216. The lowest BCUT2D eigenvalue weighted by atomic mass is 10.1. The summed E-state index contributed by atoms with van der Waals surface area (Å²) in [6.45, 7) is 7.07. The molecule has 1 saturated heterocycles. The molecule has 0 aliphatic carbocycles. The van der Waals surface area contributed by atoms with E-state index in [1.165, 1.54) is 11.3 Å². The maximum atomic E-state index is 9.61. The highest BCUT2D eigenvalue weighted by Crippen LogP contribution is 2.23. The van der Waals surface area contributed by atoms with Gasteiger partial charge in [0, 0.05) is 56.9 Å². The summed E-state index contributed by atoms with van der Waals surface area (Å²) in [5, 5.41) is 11.7. The average Bonchev–Trinajstić information content (AvgIpc) is 3.26. The Balaban J connectivity index is 1.45. The van der Waals surface area contributed by atoms with Crippen molar-refractivity contribution in [3.8, 4) is 5.75 Å². The van der Waals surface area contributed by atoms with Crippen LogP contribution >= 0.6 is 11.3 Å². The summed E-state index contributed by atoms with van der Waals surface area (Å²) >= 11 is 1.68. The molecule has 150 valence electrons. The minimum atomic E-state index is 0.216. The van der Waals surface area contributed by atoms with Gasteiger partial charge in [-0.1, -0.05) is 12.1 Å². The third kappa shape index (κ3) is 4.07. The highest BCUT2D eigenvalue weighted by Gasteiger charge is 2.27. The number of benzene rings is 1. The molecule has 0 bridgehead atoms. The molecule has 0 spiro atoms. The van der Waals surface area contributed by atoms with E-state index in [-0.39, 0.29) is 6.61 Å². The first kappa shape index (κ1) is 19.4. The number of piperazine rings is 1. The molecule has 0 unspecified atom stereocenters. The van der Waals surface area contributed by atoms with Crippen LogP contribution in [-0.4, -0.2) is 63.7 Å². The van der Waals surface area contributed by atoms with E-state index in [0.29, 0.717) is 6.04 Å². The topological polar surface area (TPSA) is 53.2 Å². The number of fused-ring (bicyclic) bond motifs is 1. The standard InChI is InChI=1S/C21H28N4O2S/c1-16-20(25-9-11-28-21(25)22-16)15-23-7-8-24(18(14-23)6-10-26)13-17-4-3-5-19(12-17)27-2/h3-5,9,11-12,18,26H,6-8,10,13-15H2,1-2H3/t18-/m1/s1. The number of nitrogens with zero attached hydrogens (tertiary/aromatic N) is 4. The molecule has 28 heavy (non-hydrogen) atoms. The maximum Gasteiger partial charge on any atom is 0.194 e. The van der Waals surface area contributed by atoms with Crippen LogP contribution in [0.2, 0.25) is 0 Å². The van der Waals surface area contributed by atoms with Crippen molar-refractivity contribution in [3.05, 3.63) is 52.8 Å². The van der Waals surface area contributed by atoms with Crippen LogP contribution < -0.4 is 4.74 Å². The Bertz CT molecular complexity index is 922. The molecule has 3 aromatic rings. The molecule has 0 radical (unpaired) electrons. The number of imidazole rings is 1. The molecule has 2 aromatic heterocycles. The zero-order valence-electron chi connectivity index (χ0n) is 16.5. The zero-order valence-corrected chi connectivity index (χ0v) is 17.4. The summed E-state index contributed by atoms with van der Waals surface area (Å²) in [6.07, 6.45) is 2.90. The number of rotatable bonds is 7. The van der Waals surface area contributed by atoms with Gasteiger partial charge in [-0.15, -0.1) is 11.3 Å². The van der Waals surface area contributed by atoms with Crippen LogP contribution in [0.5, 0.6) is 5.75 Å². The number of hydrogen-bond donors (Lipinski definition) is 1. The van der Waals surface area contributed by atoms with E-state index in [1.54, 1.807) is 18.4 Å². The number of aliphatic hydroxyl groups excluding tert-OH is 1. The molecule has 1 aromatic carbocycles. The summed E-state index contributed by atoms with van der Waals surface area (Å²) in [4.78, 5) is 10.7. The van der Waals surface area contributed by atoms with Crippen LogP contribution in [0.15, 0.2) is 35.8 Å². The fourth-order valence-electron chi connectivity index (χ4n) is 4.08. The van der Waals surface area contributed by atoms with E-state index in [1.807, 2.05) is 12.1 Å². The van der Waals surface area contributed by atoms with Gasteiger partial charge in [-0.3, -0.25) is 14.2 Å². The Morgan fingerprint density at radius 1 is 1.29 bits per heavy atom. The molecule has 1 atom stereocenters. The molecular formula is C21H28N4O2S. The number of ether oxygens (including phenoxy) is 1. The van der Waals surface area contributed by atoms with Crippen LogP contribution in [0.3, 0.4) is 0 Å². The van der Waals surface area contributed by atoms with Gasteiger partial charge in [0.1, 0.15) is 5.75 Å². The summed E-state index contributed by atoms with van der Waals surface area (Å²) in [5.41, 5.74) is 3.65. The van der Waals surface area contributed by atoms with Crippen molar-refractivity contribution < 1.29 is 9.84 Å².